The smallest absolute Gasteiger partial charge is 0.190 e. The van der Waals surface area contributed by atoms with Gasteiger partial charge in [0.05, 0.1) is 0 Å². The Morgan fingerprint density at radius 3 is 1.62 bits per heavy atom. The summed E-state index contributed by atoms with van der Waals surface area (Å²) in [6, 6.07) is 11.9. The van der Waals surface area contributed by atoms with Crippen LogP contribution in [-0.4, -0.2) is 11.9 Å². The van der Waals surface area contributed by atoms with E-state index in [2.05, 4.69) is 10.6 Å². The van der Waals surface area contributed by atoms with Gasteiger partial charge in [0, 0.05) is 11.4 Å². The fourth-order valence-electron chi connectivity index (χ4n) is 2.68. The Kier molecular flexibility index (Phi) is 2.98. The van der Waals surface area contributed by atoms with Crippen LogP contribution >= 0.6 is 0 Å². The number of hydrogen-bond donors (Lipinski definition) is 6. The van der Waals surface area contributed by atoms with E-state index in [0.717, 1.165) is 17.8 Å². The minimum Gasteiger partial charge on any atom is -0.370 e. The van der Waals surface area contributed by atoms with Crippen molar-refractivity contribution in [2.24, 2.45) is 11.5 Å². The van der Waals surface area contributed by atoms with Crippen LogP contribution in [0.2, 0.25) is 0 Å². The quantitative estimate of drug-likeness (QED) is 0.317. The van der Waals surface area contributed by atoms with Crippen molar-refractivity contribution >= 4 is 23.3 Å². The average Bonchev–Trinajstić information content (AvgIpc) is 2.73. The zero-order valence-electron chi connectivity index (χ0n) is 11.3. The van der Waals surface area contributed by atoms with Crippen LogP contribution in [-0.2, 0) is 6.42 Å². The van der Waals surface area contributed by atoms with Crippen LogP contribution in [0, 0.1) is 10.8 Å². The molecule has 2 aromatic rings. The zero-order chi connectivity index (χ0) is 15.0. The lowest BCUT2D eigenvalue weighted by Crippen LogP contribution is -2.20. The molecule has 0 aliphatic heterocycles. The Morgan fingerprint density at radius 1 is 0.810 bits per heavy atom. The first-order valence-electron chi connectivity index (χ1n) is 6.51. The maximum Gasteiger partial charge on any atom is 0.190 e. The molecule has 0 heterocycles. The summed E-state index contributed by atoms with van der Waals surface area (Å²) in [5.41, 5.74) is 17.1. The van der Waals surface area contributed by atoms with Crippen molar-refractivity contribution in [2.45, 2.75) is 6.42 Å². The molecule has 0 saturated carbocycles. The van der Waals surface area contributed by atoms with E-state index in [1.807, 2.05) is 36.4 Å². The first kappa shape index (κ1) is 13.0. The number of rotatable bonds is 2. The van der Waals surface area contributed by atoms with Crippen LogP contribution in [0.1, 0.15) is 11.1 Å². The third-order valence-corrected chi connectivity index (χ3v) is 3.44. The largest absolute Gasteiger partial charge is 0.370 e. The van der Waals surface area contributed by atoms with Crippen LogP contribution in [0.4, 0.5) is 11.4 Å². The van der Waals surface area contributed by atoms with Gasteiger partial charge in [-0.15, -0.1) is 0 Å². The standard InChI is InChI=1S/C15H16N6/c16-14(17)20-10-1-3-12-8(6-10)5-9-7-11(21-15(18)19)2-4-13(9)12/h1-4,6-7H,5H2,(H4,16,17,20)(H4,18,19,21). The van der Waals surface area contributed by atoms with E-state index < -0.39 is 0 Å². The van der Waals surface area contributed by atoms with Gasteiger partial charge in [-0.2, -0.15) is 0 Å². The molecule has 0 bridgehead atoms. The van der Waals surface area contributed by atoms with Gasteiger partial charge in [0.15, 0.2) is 11.9 Å². The van der Waals surface area contributed by atoms with Crippen molar-refractivity contribution in [1.82, 2.24) is 0 Å². The summed E-state index contributed by atoms with van der Waals surface area (Å²) in [5, 5.41) is 20.2. The summed E-state index contributed by atoms with van der Waals surface area (Å²) in [6.45, 7) is 0. The Labute approximate surface area is 122 Å². The summed E-state index contributed by atoms with van der Waals surface area (Å²) >= 11 is 0. The molecule has 1 aliphatic rings. The predicted octanol–water partition coefficient (Wildman–Crippen LogP) is 1.87. The van der Waals surface area contributed by atoms with Gasteiger partial charge in [-0.1, -0.05) is 12.1 Å². The molecule has 0 radical (unpaired) electrons. The summed E-state index contributed by atoms with van der Waals surface area (Å²) in [7, 11) is 0. The fraction of sp³-hybridized carbons (Fsp3) is 0.0667. The molecule has 21 heavy (non-hydrogen) atoms. The lowest BCUT2D eigenvalue weighted by molar-refractivity contribution is 1.26. The van der Waals surface area contributed by atoms with Crippen LogP contribution in [0.5, 0.6) is 0 Å². The molecule has 106 valence electrons. The molecule has 0 fully saturated rings. The number of guanidine groups is 2. The second kappa shape index (κ2) is 4.82. The Morgan fingerprint density at radius 2 is 1.24 bits per heavy atom. The van der Waals surface area contributed by atoms with Crippen molar-refractivity contribution in [3.8, 4) is 11.1 Å². The predicted molar refractivity (Wildman–Crippen MR) is 85.8 cm³/mol. The molecule has 6 nitrogen and oxygen atoms in total. The number of benzene rings is 2. The second-order valence-electron chi connectivity index (χ2n) is 5.00. The Balaban J connectivity index is 1.93. The number of nitrogens with two attached hydrogens (primary N) is 2. The zero-order valence-corrected chi connectivity index (χ0v) is 11.3. The molecule has 6 heteroatoms. The van der Waals surface area contributed by atoms with Crippen molar-refractivity contribution in [2.75, 3.05) is 10.6 Å². The highest BCUT2D eigenvalue weighted by atomic mass is 15.0. The van der Waals surface area contributed by atoms with Crippen molar-refractivity contribution in [3.63, 3.8) is 0 Å². The Hall–Kier alpha value is -3.02. The molecule has 3 rings (SSSR count). The highest BCUT2D eigenvalue weighted by Gasteiger charge is 2.19. The van der Waals surface area contributed by atoms with E-state index in [-0.39, 0.29) is 11.9 Å². The van der Waals surface area contributed by atoms with E-state index in [4.69, 9.17) is 22.3 Å². The van der Waals surface area contributed by atoms with Crippen molar-refractivity contribution < 1.29 is 0 Å². The van der Waals surface area contributed by atoms with Crippen molar-refractivity contribution in [3.05, 3.63) is 47.5 Å². The van der Waals surface area contributed by atoms with Gasteiger partial charge >= 0.3 is 0 Å². The van der Waals surface area contributed by atoms with E-state index >= 15 is 0 Å². The van der Waals surface area contributed by atoms with Crippen LogP contribution in [0.15, 0.2) is 36.4 Å². The van der Waals surface area contributed by atoms with Crippen LogP contribution in [0.3, 0.4) is 0 Å². The topological polar surface area (TPSA) is 124 Å². The SMILES string of the molecule is N=C(N)Nc1ccc2c(c1)Cc1cc(NC(=N)N)ccc1-2. The van der Waals surface area contributed by atoms with E-state index in [0.29, 0.717) is 0 Å². The summed E-state index contributed by atoms with van der Waals surface area (Å²) in [5.74, 6) is -0.142. The number of fused-ring (bicyclic) bond motifs is 3. The van der Waals surface area contributed by atoms with Crippen LogP contribution < -0.4 is 22.1 Å². The highest BCUT2D eigenvalue weighted by molar-refractivity contribution is 5.92. The van der Waals surface area contributed by atoms with Gasteiger partial charge in [0.1, 0.15) is 0 Å². The summed E-state index contributed by atoms with van der Waals surface area (Å²) in [6.07, 6.45) is 0.811. The molecule has 0 unspecified atom stereocenters. The van der Waals surface area contributed by atoms with Gasteiger partial charge < -0.3 is 22.1 Å². The van der Waals surface area contributed by atoms with Gasteiger partial charge in [0.2, 0.25) is 0 Å². The van der Waals surface area contributed by atoms with E-state index in [9.17, 15) is 0 Å². The molecule has 1 aliphatic carbocycles. The monoisotopic (exact) mass is 280 g/mol. The highest BCUT2D eigenvalue weighted by Crippen LogP contribution is 2.38. The van der Waals surface area contributed by atoms with E-state index in [1.54, 1.807) is 0 Å². The molecule has 0 amide bonds. The van der Waals surface area contributed by atoms with Gasteiger partial charge in [-0.25, -0.2) is 0 Å². The number of hydrogen-bond acceptors (Lipinski definition) is 2. The van der Waals surface area contributed by atoms with Gasteiger partial charge in [-0.05, 0) is 52.9 Å². The maximum atomic E-state index is 7.28. The second-order valence-corrected chi connectivity index (χ2v) is 5.00. The molecule has 8 N–H and O–H groups in total. The molecule has 0 aromatic heterocycles. The third-order valence-electron chi connectivity index (χ3n) is 3.44. The number of anilines is 2. The Bertz CT molecular complexity index is 686. The fourth-order valence-corrected chi connectivity index (χ4v) is 2.68. The maximum absolute atomic E-state index is 7.28. The summed E-state index contributed by atoms with van der Waals surface area (Å²) < 4.78 is 0. The van der Waals surface area contributed by atoms with Gasteiger partial charge in [0.25, 0.3) is 0 Å². The lowest BCUT2D eigenvalue weighted by atomic mass is 10.1. The minimum atomic E-state index is -0.0709. The molecule has 0 atom stereocenters. The third kappa shape index (κ3) is 2.51. The average molecular weight is 280 g/mol. The first-order chi connectivity index (χ1) is 10.0. The van der Waals surface area contributed by atoms with Crippen molar-refractivity contribution in [1.29, 1.82) is 10.8 Å². The molecular formula is C15H16N6. The normalized spacial score (nSPS) is 11.4. The molecule has 2 aromatic carbocycles. The number of nitrogens with one attached hydrogen (secondary N) is 4. The molecule has 0 saturated heterocycles. The van der Waals surface area contributed by atoms with Crippen LogP contribution in [0.25, 0.3) is 11.1 Å². The minimum absolute atomic E-state index is 0.0709. The lowest BCUT2D eigenvalue weighted by Gasteiger charge is -2.07. The van der Waals surface area contributed by atoms with E-state index in [1.165, 1.54) is 22.3 Å². The first-order valence-corrected chi connectivity index (χ1v) is 6.51. The van der Waals surface area contributed by atoms with Gasteiger partial charge in [-0.3, -0.25) is 10.8 Å². The summed E-state index contributed by atoms with van der Waals surface area (Å²) in [4.78, 5) is 0. The molecular weight excluding hydrogens is 264 g/mol. The molecule has 0 spiro atoms.